The molecule has 1 aromatic heterocycles. The van der Waals surface area contributed by atoms with Crippen LogP contribution in [-0.2, 0) is 11.2 Å². The summed E-state index contributed by atoms with van der Waals surface area (Å²) in [5, 5.41) is 2.99. The van der Waals surface area contributed by atoms with E-state index in [1.54, 1.807) is 18.3 Å². The number of hydrogen-bond acceptors (Lipinski definition) is 3. The third kappa shape index (κ3) is 2.95. The van der Waals surface area contributed by atoms with Crippen LogP contribution in [0.1, 0.15) is 25.5 Å². The number of hydrogen-bond donors (Lipinski definition) is 2. The van der Waals surface area contributed by atoms with E-state index >= 15 is 0 Å². The molecule has 4 nitrogen and oxygen atoms in total. The van der Waals surface area contributed by atoms with Crippen molar-refractivity contribution in [2.75, 3.05) is 5.73 Å². The van der Waals surface area contributed by atoms with Gasteiger partial charge in [-0.2, -0.15) is 0 Å². The van der Waals surface area contributed by atoms with E-state index in [9.17, 15) is 4.79 Å². The maximum atomic E-state index is 11.7. The summed E-state index contributed by atoms with van der Waals surface area (Å²) in [7, 11) is 0. The van der Waals surface area contributed by atoms with Crippen LogP contribution in [0.4, 0.5) is 5.69 Å². The largest absolute Gasteiger partial charge is 0.397 e. The van der Waals surface area contributed by atoms with Crippen molar-refractivity contribution >= 4 is 11.6 Å². The maximum absolute atomic E-state index is 11.7. The molecule has 86 valence electrons. The van der Waals surface area contributed by atoms with E-state index in [2.05, 4.69) is 17.2 Å². The SMILES string of the molecule is CC(NC(=O)Cc1ccc(N)cn1)C1CC1. The van der Waals surface area contributed by atoms with Gasteiger partial charge < -0.3 is 11.1 Å². The van der Waals surface area contributed by atoms with Gasteiger partial charge in [-0.3, -0.25) is 9.78 Å². The minimum absolute atomic E-state index is 0.0386. The Kier molecular flexibility index (Phi) is 3.08. The zero-order chi connectivity index (χ0) is 11.5. The van der Waals surface area contributed by atoms with E-state index < -0.39 is 0 Å². The Bertz CT molecular complexity index is 370. The molecule has 1 aliphatic rings. The lowest BCUT2D eigenvalue weighted by molar-refractivity contribution is -0.121. The lowest BCUT2D eigenvalue weighted by Gasteiger charge is -2.12. The first-order chi connectivity index (χ1) is 7.65. The zero-order valence-electron chi connectivity index (χ0n) is 9.44. The molecule has 0 aliphatic heterocycles. The quantitative estimate of drug-likeness (QED) is 0.797. The number of carbonyl (C=O) groups excluding carboxylic acids is 1. The standard InChI is InChI=1S/C12H17N3O/c1-8(9-2-3-9)15-12(16)6-11-5-4-10(13)7-14-11/h4-5,7-9H,2-3,6,13H2,1H3,(H,15,16). The Hall–Kier alpha value is -1.58. The highest BCUT2D eigenvalue weighted by Gasteiger charge is 2.28. The second-order valence-electron chi connectivity index (χ2n) is 4.45. The van der Waals surface area contributed by atoms with Crippen molar-refractivity contribution in [3.63, 3.8) is 0 Å². The first kappa shape index (κ1) is 10.9. The molecular weight excluding hydrogens is 202 g/mol. The van der Waals surface area contributed by atoms with Crippen molar-refractivity contribution < 1.29 is 4.79 Å². The molecule has 0 aromatic carbocycles. The number of pyridine rings is 1. The topological polar surface area (TPSA) is 68.0 Å². The third-order valence-corrected chi connectivity index (χ3v) is 2.91. The van der Waals surface area contributed by atoms with Crippen LogP contribution < -0.4 is 11.1 Å². The van der Waals surface area contributed by atoms with Gasteiger partial charge in [0, 0.05) is 11.7 Å². The lowest BCUT2D eigenvalue weighted by Crippen LogP contribution is -2.35. The van der Waals surface area contributed by atoms with Gasteiger partial charge >= 0.3 is 0 Å². The van der Waals surface area contributed by atoms with Gasteiger partial charge in [-0.1, -0.05) is 0 Å². The minimum Gasteiger partial charge on any atom is -0.397 e. The molecule has 0 radical (unpaired) electrons. The molecule has 1 heterocycles. The first-order valence-corrected chi connectivity index (χ1v) is 5.65. The highest BCUT2D eigenvalue weighted by Crippen LogP contribution is 2.32. The third-order valence-electron chi connectivity index (χ3n) is 2.91. The molecule has 16 heavy (non-hydrogen) atoms. The van der Waals surface area contributed by atoms with Gasteiger partial charge in [0.15, 0.2) is 0 Å². The van der Waals surface area contributed by atoms with Crippen LogP contribution in [0.15, 0.2) is 18.3 Å². The van der Waals surface area contributed by atoms with E-state index in [4.69, 9.17) is 5.73 Å². The molecule has 1 amide bonds. The molecule has 0 spiro atoms. The second kappa shape index (κ2) is 4.51. The zero-order valence-corrected chi connectivity index (χ0v) is 9.44. The normalized spacial score (nSPS) is 16.8. The van der Waals surface area contributed by atoms with Gasteiger partial charge in [0.2, 0.25) is 5.91 Å². The van der Waals surface area contributed by atoms with Crippen LogP contribution in [0.25, 0.3) is 0 Å². The van der Waals surface area contributed by atoms with E-state index in [0.717, 1.165) is 5.69 Å². The summed E-state index contributed by atoms with van der Waals surface area (Å²) >= 11 is 0. The van der Waals surface area contributed by atoms with Gasteiger partial charge in [0.05, 0.1) is 18.3 Å². The van der Waals surface area contributed by atoms with Gasteiger partial charge in [-0.05, 0) is 37.8 Å². The summed E-state index contributed by atoms with van der Waals surface area (Å²) in [6.45, 7) is 2.06. The van der Waals surface area contributed by atoms with Gasteiger partial charge in [0.1, 0.15) is 0 Å². The molecule has 1 fully saturated rings. The van der Waals surface area contributed by atoms with Crippen LogP contribution in [0, 0.1) is 5.92 Å². The van der Waals surface area contributed by atoms with Gasteiger partial charge in [-0.15, -0.1) is 0 Å². The van der Waals surface area contributed by atoms with Crippen LogP contribution >= 0.6 is 0 Å². The molecule has 3 N–H and O–H groups in total. The van der Waals surface area contributed by atoms with E-state index in [1.165, 1.54) is 12.8 Å². The molecule has 1 aliphatic carbocycles. The molecule has 1 unspecified atom stereocenters. The predicted molar refractivity (Wildman–Crippen MR) is 62.7 cm³/mol. The van der Waals surface area contributed by atoms with E-state index in [-0.39, 0.29) is 5.91 Å². The van der Waals surface area contributed by atoms with Crippen molar-refractivity contribution in [2.45, 2.75) is 32.2 Å². The van der Waals surface area contributed by atoms with Crippen LogP contribution in [0.5, 0.6) is 0 Å². The second-order valence-corrected chi connectivity index (χ2v) is 4.45. The molecule has 0 bridgehead atoms. The molecule has 1 saturated carbocycles. The summed E-state index contributed by atoms with van der Waals surface area (Å²) in [5.41, 5.74) is 6.90. The van der Waals surface area contributed by atoms with Gasteiger partial charge in [0.25, 0.3) is 0 Å². The number of rotatable bonds is 4. The predicted octanol–water partition coefficient (Wildman–Crippen LogP) is 1.12. The van der Waals surface area contributed by atoms with Crippen molar-refractivity contribution in [2.24, 2.45) is 5.92 Å². The number of nitrogen functional groups attached to an aromatic ring is 1. The summed E-state index contributed by atoms with van der Waals surface area (Å²) in [6, 6.07) is 3.85. The number of carbonyl (C=O) groups is 1. The number of aromatic nitrogens is 1. The summed E-state index contributed by atoms with van der Waals surface area (Å²) in [6.07, 6.45) is 4.38. The van der Waals surface area contributed by atoms with Crippen molar-refractivity contribution in [1.82, 2.24) is 10.3 Å². The fourth-order valence-electron chi connectivity index (χ4n) is 1.72. The van der Waals surface area contributed by atoms with Crippen molar-refractivity contribution in [1.29, 1.82) is 0 Å². The smallest absolute Gasteiger partial charge is 0.226 e. The number of nitrogens with zero attached hydrogens (tertiary/aromatic N) is 1. The lowest BCUT2D eigenvalue weighted by atomic mass is 10.2. The molecule has 1 atom stereocenters. The summed E-state index contributed by atoms with van der Waals surface area (Å²) < 4.78 is 0. The number of amides is 1. The molecule has 1 aromatic rings. The molecule has 0 saturated heterocycles. The monoisotopic (exact) mass is 219 g/mol. The average Bonchev–Trinajstić information content (AvgIpc) is 3.04. The minimum atomic E-state index is 0.0386. The van der Waals surface area contributed by atoms with Crippen LogP contribution in [0.3, 0.4) is 0 Å². The Balaban J connectivity index is 1.84. The number of anilines is 1. The maximum Gasteiger partial charge on any atom is 0.226 e. The van der Waals surface area contributed by atoms with Crippen molar-refractivity contribution in [3.8, 4) is 0 Å². The first-order valence-electron chi connectivity index (χ1n) is 5.65. The Morgan fingerprint density at radius 2 is 2.38 bits per heavy atom. The molecular formula is C12H17N3O. The van der Waals surface area contributed by atoms with Crippen LogP contribution in [0.2, 0.25) is 0 Å². The highest BCUT2D eigenvalue weighted by atomic mass is 16.1. The Labute approximate surface area is 95.3 Å². The van der Waals surface area contributed by atoms with Crippen LogP contribution in [-0.4, -0.2) is 16.9 Å². The van der Waals surface area contributed by atoms with Crippen molar-refractivity contribution in [3.05, 3.63) is 24.0 Å². The number of nitrogens with one attached hydrogen (secondary N) is 1. The highest BCUT2D eigenvalue weighted by molar-refractivity contribution is 5.78. The molecule has 2 rings (SSSR count). The average molecular weight is 219 g/mol. The Morgan fingerprint density at radius 1 is 1.62 bits per heavy atom. The van der Waals surface area contributed by atoms with Gasteiger partial charge in [-0.25, -0.2) is 0 Å². The summed E-state index contributed by atoms with van der Waals surface area (Å²) in [4.78, 5) is 15.8. The molecule has 4 heteroatoms. The Morgan fingerprint density at radius 3 is 2.94 bits per heavy atom. The fraction of sp³-hybridized carbons (Fsp3) is 0.500. The fourth-order valence-corrected chi connectivity index (χ4v) is 1.72. The summed E-state index contributed by atoms with van der Waals surface area (Å²) in [5.74, 6) is 0.722. The van der Waals surface area contributed by atoms with E-state index in [1.807, 2.05) is 0 Å². The number of nitrogens with two attached hydrogens (primary N) is 1. The van der Waals surface area contributed by atoms with E-state index in [0.29, 0.717) is 24.1 Å².